The second kappa shape index (κ2) is 8.29. The lowest BCUT2D eigenvalue weighted by Gasteiger charge is -2.12. The predicted octanol–water partition coefficient (Wildman–Crippen LogP) is 2.93. The number of sulfonamides is 1. The summed E-state index contributed by atoms with van der Waals surface area (Å²) < 4.78 is 28.2. The number of amides is 1. The smallest absolute Gasteiger partial charge is 0.450 e. The van der Waals surface area contributed by atoms with E-state index in [-0.39, 0.29) is 22.1 Å². The van der Waals surface area contributed by atoms with E-state index >= 15 is 0 Å². The van der Waals surface area contributed by atoms with Gasteiger partial charge in [-0.15, -0.1) is 11.3 Å². The molecule has 0 radical (unpaired) electrons. The molecule has 2 fully saturated rings. The monoisotopic (exact) mass is 424 g/mol. The van der Waals surface area contributed by atoms with Gasteiger partial charge in [0.2, 0.25) is 15.9 Å². The molecule has 28 heavy (non-hydrogen) atoms. The molecule has 1 aromatic heterocycles. The van der Waals surface area contributed by atoms with E-state index in [1.807, 2.05) is 30.3 Å². The summed E-state index contributed by atoms with van der Waals surface area (Å²) in [5.74, 6) is 0.320. The Morgan fingerprint density at radius 1 is 1.14 bits per heavy atom. The fraction of sp³-hybridized carbons (Fsp3) is 0.333. The maximum absolute atomic E-state index is 12.6. The van der Waals surface area contributed by atoms with E-state index in [1.165, 1.54) is 5.56 Å². The number of carbonyl (C=O) groups excluding carboxylic acids is 1. The molecule has 1 amide bonds. The van der Waals surface area contributed by atoms with Crippen molar-refractivity contribution in [2.45, 2.75) is 35.4 Å². The van der Waals surface area contributed by atoms with Gasteiger partial charge in [0.1, 0.15) is 4.21 Å². The van der Waals surface area contributed by atoms with Crippen LogP contribution < -0.4 is 9.62 Å². The standard InChI is InChI=1S/C17H18N2O3S2.CH2O3/c20-15-7-4-10-19(15)16-8-9-17(23-16)24(21,22)18-14-11-13(14)12-5-2-1-3-6-12;2-1(3)4/h1-3,5-6,8-9,13-14,18H,4,7,10-11H2;(H2,2,3,4)/t13-,14+;/m1./s1. The van der Waals surface area contributed by atoms with Gasteiger partial charge in [-0.05, 0) is 30.5 Å². The van der Waals surface area contributed by atoms with Gasteiger partial charge in [0.25, 0.3) is 0 Å². The Bertz CT molecular complexity index is 953. The minimum Gasteiger partial charge on any atom is -0.450 e. The van der Waals surface area contributed by atoms with Gasteiger partial charge in [0.05, 0.1) is 5.00 Å². The first-order valence-electron chi connectivity index (χ1n) is 8.67. The zero-order valence-corrected chi connectivity index (χ0v) is 16.4. The largest absolute Gasteiger partial charge is 0.503 e. The van der Waals surface area contributed by atoms with E-state index in [0.717, 1.165) is 24.2 Å². The van der Waals surface area contributed by atoms with Gasteiger partial charge in [-0.25, -0.2) is 17.9 Å². The molecule has 0 bridgehead atoms. The Morgan fingerprint density at radius 3 is 2.43 bits per heavy atom. The molecule has 3 N–H and O–H groups in total. The van der Waals surface area contributed by atoms with E-state index in [4.69, 9.17) is 15.0 Å². The molecule has 0 spiro atoms. The van der Waals surface area contributed by atoms with Crippen molar-refractivity contribution in [1.29, 1.82) is 0 Å². The van der Waals surface area contributed by atoms with Crippen LogP contribution in [0.4, 0.5) is 9.80 Å². The Morgan fingerprint density at radius 2 is 1.82 bits per heavy atom. The maximum atomic E-state index is 12.6. The van der Waals surface area contributed by atoms with Gasteiger partial charge in [0, 0.05) is 24.9 Å². The van der Waals surface area contributed by atoms with Crippen molar-refractivity contribution in [1.82, 2.24) is 4.72 Å². The quantitative estimate of drug-likeness (QED) is 0.678. The van der Waals surface area contributed by atoms with Gasteiger partial charge >= 0.3 is 6.16 Å². The molecular weight excluding hydrogens is 404 g/mol. The number of carbonyl (C=O) groups is 2. The van der Waals surface area contributed by atoms with Crippen LogP contribution in [0.2, 0.25) is 0 Å². The first-order valence-corrected chi connectivity index (χ1v) is 11.0. The number of nitrogens with one attached hydrogen (secondary N) is 1. The molecule has 1 saturated carbocycles. The van der Waals surface area contributed by atoms with Crippen molar-refractivity contribution in [3.05, 3.63) is 48.0 Å². The van der Waals surface area contributed by atoms with Crippen molar-refractivity contribution in [3.8, 4) is 0 Å². The van der Waals surface area contributed by atoms with Gasteiger partial charge in [0.15, 0.2) is 0 Å². The molecule has 1 aromatic carbocycles. The molecule has 2 atom stereocenters. The minimum atomic E-state index is -3.53. The minimum absolute atomic E-state index is 0.0450. The van der Waals surface area contributed by atoms with Crippen LogP contribution in [0.25, 0.3) is 0 Å². The number of thiophene rings is 1. The Labute approximate surface area is 166 Å². The number of rotatable bonds is 5. The van der Waals surface area contributed by atoms with Crippen molar-refractivity contribution in [2.24, 2.45) is 0 Å². The van der Waals surface area contributed by atoms with E-state index in [1.54, 1.807) is 17.0 Å². The summed E-state index contributed by atoms with van der Waals surface area (Å²) in [6.07, 6.45) is 0.364. The summed E-state index contributed by atoms with van der Waals surface area (Å²) in [4.78, 5) is 22.0. The van der Waals surface area contributed by atoms with Gasteiger partial charge in [-0.1, -0.05) is 30.3 Å². The van der Waals surface area contributed by atoms with Crippen LogP contribution >= 0.6 is 11.3 Å². The second-order valence-electron chi connectivity index (χ2n) is 6.50. The number of hydrogen-bond donors (Lipinski definition) is 3. The lowest BCUT2D eigenvalue weighted by molar-refractivity contribution is -0.117. The average Bonchev–Trinajstić information content (AvgIpc) is 3.02. The first-order chi connectivity index (χ1) is 13.3. The highest BCUT2D eigenvalue weighted by molar-refractivity contribution is 7.91. The first kappa shape index (κ1) is 20.3. The Balaban J connectivity index is 0.000000516. The van der Waals surface area contributed by atoms with E-state index in [2.05, 4.69) is 4.72 Å². The molecule has 150 valence electrons. The number of hydrogen-bond acceptors (Lipinski definition) is 5. The van der Waals surface area contributed by atoms with Crippen LogP contribution in [0.5, 0.6) is 0 Å². The lowest BCUT2D eigenvalue weighted by Crippen LogP contribution is -2.26. The summed E-state index contributed by atoms with van der Waals surface area (Å²) in [6.45, 7) is 0.672. The zero-order chi connectivity index (χ0) is 20.3. The number of carboxylic acid groups (broad SMARTS) is 2. The summed E-state index contributed by atoms with van der Waals surface area (Å²) in [7, 11) is -3.53. The van der Waals surface area contributed by atoms with E-state index in [9.17, 15) is 13.2 Å². The summed E-state index contributed by atoms with van der Waals surface area (Å²) in [5, 5.41) is 14.7. The van der Waals surface area contributed by atoms with Crippen molar-refractivity contribution >= 4 is 38.4 Å². The fourth-order valence-electron chi connectivity index (χ4n) is 3.13. The van der Waals surface area contributed by atoms with Gasteiger partial charge in [-0.2, -0.15) is 0 Å². The van der Waals surface area contributed by atoms with Crippen LogP contribution in [0.1, 0.15) is 30.7 Å². The molecule has 2 aromatic rings. The van der Waals surface area contributed by atoms with Crippen molar-refractivity contribution < 1.29 is 28.2 Å². The van der Waals surface area contributed by atoms with Crippen LogP contribution in [-0.2, 0) is 14.8 Å². The topological polar surface area (TPSA) is 124 Å². The highest BCUT2D eigenvalue weighted by Gasteiger charge is 2.41. The summed E-state index contributed by atoms with van der Waals surface area (Å²) in [6, 6.07) is 13.2. The lowest BCUT2D eigenvalue weighted by atomic mass is 10.1. The fourth-order valence-corrected chi connectivity index (χ4v) is 5.78. The normalized spacial score (nSPS) is 21.1. The molecule has 2 aliphatic rings. The maximum Gasteiger partial charge on any atom is 0.503 e. The van der Waals surface area contributed by atoms with Crippen molar-refractivity contribution in [3.63, 3.8) is 0 Å². The number of nitrogens with zero attached hydrogens (tertiary/aromatic N) is 1. The van der Waals surface area contributed by atoms with E-state index < -0.39 is 16.2 Å². The SMILES string of the molecule is O=C(O)O.O=C1CCCN1c1ccc(S(=O)(=O)N[C@H]2C[C@@H]2c2ccccc2)s1. The van der Waals surface area contributed by atoms with Gasteiger partial charge < -0.3 is 15.1 Å². The Kier molecular flexibility index (Phi) is 6.01. The van der Waals surface area contributed by atoms with Crippen molar-refractivity contribution in [2.75, 3.05) is 11.4 Å². The molecule has 4 rings (SSSR count). The molecular formula is C18H20N2O6S2. The molecule has 0 unspecified atom stereocenters. The molecule has 10 heteroatoms. The van der Waals surface area contributed by atoms with Gasteiger partial charge in [-0.3, -0.25) is 4.79 Å². The second-order valence-corrected chi connectivity index (χ2v) is 9.51. The average molecular weight is 425 g/mol. The highest BCUT2D eigenvalue weighted by atomic mass is 32.2. The number of anilines is 1. The Hall–Kier alpha value is -2.43. The summed E-state index contributed by atoms with van der Waals surface area (Å²) in [5.41, 5.74) is 1.17. The molecule has 2 heterocycles. The third-order valence-electron chi connectivity index (χ3n) is 4.50. The third-order valence-corrected chi connectivity index (χ3v) is 7.59. The number of benzene rings is 1. The summed E-state index contributed by atoms with van der Waals surface area (Å²) >= 11 is 1.16. The third kappa shape index (κ3) is 4.89. The predicted molar refractivity (Wildman–Crippen MR) is 104 cm³/mol. The molecule has 8 nitrogen and oxygen atoms in total. The van der Waals surface area contributed by atoms with Crippen LogP contribution in [0, 0.1) is 0 Å². The molecule has 1 saturated heterocycles. The highest BCUT2D eigenvalue weighted by Crippen LogP contribution is 2.42. The van der Waals surface area contributed by atoms with Crippen LogP contribution in [0.15, 0.2) is 46.7 Å². The van der Waals surface area contributed by atoms with Crippen LogP contribution in [0.3, 0.4) is 0 Å². The molecule has 1 aliphatic heterocycles. The van der Waals surface area contributed by atoms with E-state index in [0.29, 0.717) is 18.0 Å². The molecule has 1 aliphatic carbocycles. The van der Waals surface area contributed by atoms with Crippen LogP contribution in [-0.4, -0.2) is 43.3 Å². The zero-order valence-electron chi connectivity index (χ0n) is 14.8.